The Balaban J connectivity index is 2.14. The zero-order valence-electron chi connectivity index (χ0n) is 12.4. The van der Waals surface area contributed by atoms with E-state index in [0.717, 1.165) is 24.3 Å². The fourth-order valence-corrected chi connectivity index (χ4v) is 2.29. The van der Waals surface area contributed by atoms with Crippen LogP contribution in [-0.2, 0) is 17.7 Å². The first-order valence-electron chi connectivity index (χ1n) is 6.92. The summed E-state index contributed by atoms with van der Waals surface area (Å²) >= 11 is 6.25. The van der Waals surface area contributed by atoms with Crippen LogP contribution in [0.1, 0.15) is 11.1 Å². The van der Waals surface area contributed by atoms with Crippen molar-refractivity contribution in [2.45, 2.75) is 13.0 Å². The highest BCUT2D eigenvalue weighted by Gasteiger charge is 2.09. The van der Waals surface area contributed by atoms with E-state index in [4.69, 9.17) is 21.1 Å². The second kappa shape index (κ2) is 8.03. The van der Waals surface area contributed by atoms with Crippen molar-refractivity contribution in [1.82, 2.24) is 5.32 Å². The lowest BCUT2D eigenvalue weighted by molar-refractivity contribution is 0.202. The molecule has 0 aliphatic carbocycles. The van der Waals surface area contributed by atoms with Gasteiger partial charge in [0.25, 0.3) is 0 Å². The molecule has 0 saturated carbocycles. The lowest BCUT2D eigenvalue weighted by Gasteiger charge is -2.13. The number of para-hydroxylation sites is 1. The molecule has 0 bridgehead atoms. The minimum atomic E-state index is 0.617. The molecule has 0 saturated heterocycles. The molecule has 4 heteroatoms. The van der Waals surface area contributed by atoms with Gasteiger partial charge < -0.3 is 14.8 Å². The fraction of sp³-hybridized carbons (Fsp3) is 0.294. The van der Waals surface area contributed by atoms with Crippen molar-refractivity contribution in [2.75, 3.05) is 20.8 Å². The number of hydrogen-bond donors (Lipinski definition) is 1. The Labute approximate surface area is 130 Å². The third kappa shape index (κ3) is 4.46. The quantitative estimate of drug-likeness (QED) is 0.837. The number of hydrogen-bond acceptors (Lipinski definition) is 3. The van der Waals surface area contributed by atoms with Gasteiger partial charge in [-0.1, -0.05) is 35.9 Å². The topological polar surface area (TPSA) is 30.5 Å². The Morgan fingerprint density at radius 1 is 1.10 bits per heavy atom. The zero-order valence-corrected chi connectivity index (χ0v) is 13.1. The monoisotopic (exact) mass is 305 g/mol. The minimum Gasteiger partial charge on any atom is -0.455 e. The van der Waals surface area contributed by atoms with Crippen molar-refractivity contribution in [3.8, 4) is 11.5 Å². The Hall–Kier alpha value is -1.55. The number of nitrogens with one attached hydrogen (secondary N) is 1. The number of methoxy groups -OCH3 is 1. The van der Waals surface area contributed by atoms with Crippen molar-refractivity contribution in [2.24, 2.45) is 0 Å². The third-order valence-corrected chi connectivity index (χ3v) is 3.45. The molecule has 0 aromatic heterocycles. The van der Waals surface area contributed by atoms with Crippen LogP contribution in [0.25, 0.3) is 0 Å². The van der Waals surface area contributed by atoms with E-state index in [2.05, 4.69) is 5.32 Å². The molecule has 0 radical (unpaired) electrons. The maximum Gasteiger partial charge on any atom is 0.150 e. The normalized spacial score (nSPS) is 10.6. The SMILES string of the molecule is CNCc1cccc(Cl)c1Oc1ccc(CCOC)cc1. The van der Waals surface area contributed by atoms with E-state index in [0.29, 0.717) is 17.3 Å². The van der Waals surface area contributed by atoms with E-state index in [1.807, 2.05) is 49.5 Å². The number of ether oxygens (including phenoxy) is 2. The molecule has 0 aliphatic rings. The predicted molar refractivity (Wildman–Crippen MR) is 86.3 cm³/mol. The first-order chi connectivity index (χ1) is 10.2. The van der Waals surface area contributed by atoms with Gasteiger partial charge >= 0.3 is 0 Å². The molecule has 112 valence electrons. The van der Waals surface area contributed by atoms with E-state index in [1.54, 1.807) is 7.11 Å². The van der Waals surface area contributed by atoms with Gasteiger partial charge in [-0.05, 0) is 37.2 Å². The summed E-state index contributed by atoms with van der Waals surface area (Å²) in [5.41, 5.74) is 2.26. The molecule has 2 aromatic carbocycles. The van der Waals surface area contributed by atoms with E-state index >= 15 is 0 Å². The third-order valence-electron chi connectivity index (χ3n) is 3.15. The standard InChI is InChI=1S/C17H20ClNO2/c1-19-12-14-4-3-5-16(18)17(14)21-15-8-6-13(7-9-15)10-11-20-2/h3-9,19H,10-12H2,1-2H3. The van der Waals surface area contributed by atoms with Crippen LogP contribution >= 0.6 is 11.6 Å². The van der Waals surface area contributed by atoms with Crippen molar-refractivity contribution in [1.29, 1.82) is 0 Å². The van der Waals surface area contributed by atoms with Crippen molar-refractivity contribution < 1.29 is 9.47 Å². The van der Waals surface area contributed by atoms with Crippen LogP contribution in [0.15, 0.2) is 42.5 Å². The van der Waals surface area contributed by atoms with E-state index < -0.39 is 0 Å². The van der Waals surface area contributed by atoms with Crippen LogP contribution in [0.3, 0.4) is 0 Å². The molecule has 21 heavy (non-hydrogen) atoms. The number of rotatable bonds is 7. The summed E-state index contributed by atoms with van der Waals surface area (Å²) in [5, 5.41) is 3.73. The van der Waals surface area contributed by atoms with Gasteiger partial charge in [0.1, 0.15) is 11.5 Å². The van der Waals surface area contributed by atoms with Gasteiger partial charge in [-0.2, -0.15) is 0 Å². The first kappa shape index (κ1) is 15.8. The fourth-order valence-electron chi connectivity index (χ4n) is 2.06. The summed E-state index contributed by atoms with van der Waals surface area (Å²) in [5.74, 6) is 1.49. The smallest absolute Gasteiger partial charge is 0.150 e. The maximum atomic E-state index is 6.25. The van der Waals surface area contributed by atoms with Crippen molar-refractivity contribution in [3.05, 3.63) is 58.6 Å². The average molecular weight is 306 g/mol. The molecule has 0 fully saturated rings. The second-order valence-electron chi connectivity index (χ2n) is 4.75. The van der Waals surface area contributed by atoms with Gasteiger partial charge in [0.2, 0.25) is 0 Å². The molecule has 0 atom stereocenters. The molecule has 2 rings (SSSR count). The molecule has 1 N–H and O–H groups in total. The summed E-state index contributed by atoms with van der Waals surface area (Å²) in [7, 11) is 3.60. The summed E-state index contributed by atoms with van der Waals surface area (Å²) < 4.78 is 11.0. The van der Waals surface area contributed by atoms with Crippen LogP contribution in [0.4, 0.5) is 0 Å². The highest BCUT2D eigenvalue weighted by Crippen LogP contribution is 2.33. The molecule has 0 aliphatic heterocycles. The van der Waals surface area contributed by atoms with Crippen LogP contribution < -0.4 is 10.1 Å². The zero-order chi connectivity index (χ0) is 15.1. The highest BCUT2D eigenvalue weighted by atomic mass is 35.5. The van der Waals surface area contributed by atoms with E-state index in [1.165, 1.54) is 5.56 Å². The predicted octanol–water partition coefficient (Wildman–Crippen LogP) is 4.04. The molecule has 0 unspecified atom stereocenters. The molecule has 3 nitrogen and oxygen atoms in total. The van der Waals surface area contributed by atoms with Crippen LogP contribution in [0, 0.1) is 0 Å². The summed E-state index contributed by atoms with van der Waals surface area (Å²) in [6.07, 6.45) is 0.897. The van der Waals surface area contributed by atoms with Gasteiger partial charge in [0, 0.05) is 19.2 Å². The average Bonchev–Trinajstić information content (AvgIpc) is 2.50. The largest absolute Gasteiger partial charge is 0.455 e. The Kier molecular flexibility index (Phi) is 6.05. The van der Waals surface area contributed by atoms with Crippen molar-refractivity contribution >= 4 is 11.6 Å². The van der Waals surface area contributed by atoms with Crippen LogP contribution in [0.2, 0.25) is 5.02 Å². The molecular formula is C17H20ClNO2. The molecule has 0 amide bonds. The van der Waals surface area contributed by atoms with Gasteiger partial charge in [0.05, 0.1) is 11.6 Å². The van der Waals surface area contributed by atoms with Gasteiger partial charge in [-0.25, -0.2) is 0 Å². The lowest BCUT2D eigenvalue weighted by Crippen LogP contribution is -2.06. The van der Waals surface area contributed by atoms with Crippen LogP contribution in [-0.4, -0.2) is 20.8 Å². The Morgan fingerprint density at radius 3 is 2.52 bits per heavy atom. The Morgan fingerprint density at radius 2 is 1.86 bits per heavy atom. The highest BCUT2D eigenvalue weighted by molar-refractivity contribution is 6.32. The van der Waals surface area contributed by atoms with Gasteiger partial charge in [-0.3, -0.25) is 0 Å². The first-order valence-corrected chi connectivity index (χ1v) is 7.30. The van der Waals surface area contributed by atoms with Gasteiger partial charge in [0.15, 0.2) is 0 Å². The maximum absolute atomic E-state index is 6.25. The number of halogens is 1. The number of benzene rings is 2. The van der Waals surface area contributed by atoms with Crippen molar-refractivity contribution in [3.63, 3.8) is 0 Å². The molecular weight excluding hydrogens is 286 g/mol. The Bertz CT molecular complexity index is 570. The minimum absolute atomic E-state index is 0.617. The lowest BCUT2D eigenvalue weighted by atomic mass is 10.1. The summed E-state index contributed by atoms with van der Waals surface area (Å²) in [6, 6.07) is 13.8. The molecule has 2 aromatic rings. The molecule has 0 heterocycles. The summed E-state index contributed by atoms with van der Waals surface area (Å²) in [6.45, 7) is 1.43. The van der Waals surface area contributed by atoms with E-state index in [9.17, 15) is 0 Å². The van der Waals surface area contributed by atoms with Gasteiger partial charge in [-0.15, -0.1) is 0 Å². The van der Waals surface area contributed by atoms with E-state index in [-0.39, 0.29) is 0 Å². The van der Waals surface area contributed by atoms with Crippen LogP contribution in [0.5, 0.6) is 11.5 Å². The molecule has 0 spiro atoms. The second-order valence-corrected chi connectivity index (χ2v) is 5.15. The summed E-state index contributed by atoms with van der Waals surface area (Å²) in [4.78, 5) is 0.